The molecule has 1 heterocycles. The van der Waals surface area contributed by atoms with Crippen molar-refractivity contribution in [3.63, 3.8) is 0 Å². The molecule has 0 saturated carbocycles. The fourth-order valence-electron chi connectivity index (χ4n) is 3.20. The van der Waals surface area contributed by atoms with Gasteiger partial charge in [-0.3, -0.25) is 4.79 Å². The number of anilines is 1. The largest absolute Gasteiger partial charge is 0.359 e. The highest BCUT2D eigenvalue weighted by Gasteiger charge is 2.27. The quantitative estimate of drug-likeness (QED) is 0.885. The molecule has 2 aromatic rings. The molecule has 6 heteroatoms. The summed E-state index contributed by atoms with van der Waals surface area (Å²) in [5, 5.41) is 5.51. The molecule has 0 unspecified atom stereocenters. The van der Waals surface area contributed by atoms with Gasteiger partial charge < -0.3 is 15.5 Å². The van der Waals surface area contributed by atoms with Crippen LogP contribution in [-0.4, -0.2) is 37.0 Å². The third kappa shape index (κ3) is 4.20. The molecule has 1 saturated heterocycles. The standard InChI is InChI=1S/C20H22FN3O2/c1-22-19(25)16-5-3-11-24(13-16)20(26)23-18-9-7-14(8-10-18)15-4-2-6-17(21)12-15/h2,4,6-10,12,16H,3,5,11,13H2,1H3,(H,22,25)(H,23,26)/t16-/m0/s1. The molecule has 26 heavy (non-hydrogen) atoms. The summed E-state index contributed by atoms with van der Waals surface area (Å²) < 4.78 is 13.3. The number of nitrogens with zero attached hydrogens (tertiary/aromatic N) is 1. The first-order chi connectivity index (χ1) is 12.6. The van der Waals surface area contributed by atoms with Crippen LogP contribution in [-0.2, 0) is 4.79 Å². The van der Waals surface area contributed by atoms with Crippen molar-refractivity contribution in [2.45, 2.75) is 12.8 Å². The second kappa shape index (κ2) is 7.99. The minimum absolute atomic E-state index is 0.0260. The predicted octanol–water partition coefficient (Wildman–Crippen LogP) is 3.48. The molecule has 1 aliphatic rings. The molecule has 3 amide bonds. The van der Waals surface area contributed by atoms with Crippen molar-refractivity contribution >= 4 is 17.6 Å². The van der Waals surface area contributed by atoms with E-state index in [1.165, 1.54) is 12.1 Å². The highest BCUT2D eigenvalue weighted by Crippen LogP contribution is 2.23. The molecule has 0 bridgehead atoms. The highest BCUT2D eigenvalue weighted by atomic mass is 19.1. The summed E-state index contributed by atoms with van der Waals surface area (Å²) >= 11 is 0. The molecule has 0 radical (unpaired) electrons. The maximum atomic E-state index is 13.3. The average Bonchev–Trinajstić information content (AvgIpc) is 2.68. The Morgan fingerprint density at radius 1 is 1.12 bits per heavy atom. The van der Waals surface area contributed by atoms with E-state index >= 15 is 0 Å². The van der Waals surface area contributed by atoms with Crippen LogP contribution in [0.4, 0.5) is 14.9 Å². The summed E-state index contributed by atoms with van der Waals surface area (Å²) in [5.41, 5.74) is 2.32. The number of hydrogen-bond donors (Lipinski definition) is 2. The highest BCUT2D eigenvalue weighted by molar-refractivity contribution is 5.90. The van der Waals surface area contributed by atoms with Crippen LogP contribution in [0.5, 0.6) is 0 Å². The van der Waals surface area contributed by atoms with E-state index in [1.807, 2.05) is 18.2 Å². The smallest absolute Gasteiger partial charge is 0.321 e. The number of benzene rings is 2. The van der Waals surface area contributed by atoms with Crippen molar-refractivity contribution in [1.82, 2.24) is 10.2 Å². The third-order valence-electron chi connectivity index (χ3n) is 4.62. The summed E-state index contributed by atoms with van der Waals surface area (Å²) in [6.45, 7) is 1.06. The van der Waals surface area contributed by atoms with Gasteiger partial charge in [-0.1, -0.05) is 24.3 Å². The molecule has 0 aromatic heterocycles. The number of urea groups is 1. The van der Waals surface area contributed by atoms with Crippen molar-refractivity contribution < 1.29 is 14.0 Å². The molecular weight excluding hydrogens is 333 g/mol. The molecule has 1 atom stereocenters. The van der Waals surface area contributed by atoms with Crippen LogP contribution in [0.2, 0.25) is 0 Å². The molecule has 0 aliphatic carbocycles. The van der Waals surface area contributed by atoms with Gasteiger partial charge in [0.2, 0.25) is 5.91 Å². The van der Waals surface area contributed by atoms with Crippen LogP contribution < -0.4 is 10.6 Å². The first-order valence-corrected chi connectivity index (χ1v) is 8.70. The topological polar surface area (TPSA) is 61.4 Å². The van der Waals surface area contributed by atoms with Gasteiger partial charge >= 0.3 is 6.03 Å². The lowest BCUT2D eigenvalue weighted by atomic mass is 9.97. The normalized spacial score (nSPS) is 16.8. The molecule has 5 nitrogen and oxygen atoms in total. The monoisotopic (exact) mass is 355 g/mol. The van der Waals surface area contributed by atoms with Crippen LogP contribution in [0.1, 0.15) is 12.8 Å². The van der Waals surface area contributed by atoms with Crippen molar-refractivity contribution in [1.29, 1.82) is 0 Å². The third-order valence-corrected chi connectivity index (χ3v) is 4.62. The summed E-state index contributed by atoms with van der Waals surface area (Å²) in [4.78, 5) is 25.9. The molecule has 1 fully saturated rings. The van der Waals surface area contributed by atoms with Crippen LogP contribution in [0.3, 0.4) is 0 Å². The van der Waals surface area contributed by atoms with E-state index in [1.54, 1.807) is 30.1 Å². The van der Waals surface area contributed by atoms with E-state index in [4.69, 9.17) is 0 Å². The first kappa shape index (κ1) is 17.9. The summed E-state index contributed by atoms with van der Waals surface area (Å²) in [7, 11) is 1.61. The Bertz CT molecular complexity index is 792. The summed E-state index contributed by atoms with van der Waals surface area (Å²) in [6, 6.07) is 13.4. The fraction of sp³-hybridized carbons (Fsp3) is 0.300. The summed E-state index contributed by atoms with van der Waals surface area (Å²) in [6.07, 6.45) is 1.61. The lowest BCUT2D eigenvalue weighted by molar-refractivity contribution is -0.125. The Morgan fingerprint density at radius 2 is 1.88 bits per heavy atom. The number of rotatable bonds is 3. The number of halogens is 1. The Balaban J connectivity index is 1.63. The van der Waals surface area contributed by atoms with Gasteiger partial charge in [0.15, 0.2) is 0 Å². The molecule has 2 N–H and O–H groups in total. The maximum Gasteiger partial charge on any atom is 0.321 e. The van der Waals surface area contributed by atoms with Crippen molar-refractivity contribution in [2.24, 2.45) is 5.92 Å². The van der Waals surface area contributed by atoms with Gasteiger partial charge in [-0.2, -0.15) is 0 Å². The number of nitrogens with one attached hydrogen (secondary N) is 2. The van der Waals surface area contributed by atoms with Gasteiger partial charge in [0.1, 0.15) is 5.82 Å². The molecular formula is C20H22FN3O2. The number of likely N-dealkylation sites (tertiary alicyclic amines) is 1. The lowest BCUT2D eigenvalue weighted by Crippen LogP contribution is -2.46. The Hall–Kier alpha value is -2.89. The van der Waals surface area contributed by atoms with Gasteiger partial charge in [-0.05, 0) is 48.2 Å². The number of hydrogen-bond acceptors (Lipinski definition) is 2. The van der Waals surface area contributed by atoms with E-state index < -0.39 is 0 Å². The SMILES string of the molecule is CNC(=O)[C@H]1CCCN(C(=O)Nc2ccc(-c3cccc(F)c3)cc2)C1. The predicted molar refractivity (Wildman–Crippen MR) is 99.2 cm³/mol. The van der Waals surface area contributed by atoms with E-state index in [0.717, 1.165) is 24.0 Å². The zero-order valence-corrected chi connectivity index (χ0v) is 14.7. The molecule has 3 rings (SSSR count). The van der Waals surface area contributed by atoms with E-state index in [0.29, 0.717) is 18.8 Å². The number of carbonyl (C=O) groups is 2. The fourth-order valence-corrected chi connectivity index (χ4v) is 3.20. The Morgan fingerprint density at radius 3 is 2.58 bits per heavy atom. The maximum absolute atomic E-state index is 13.3. The van der Waals surface area contributed by atoms with Gasteiger partial charge in [0, 0.05) is 25.8 Å². The number of piperidine rings is 1. The Kier molecular flexibility index (Phi) is 5.51. The second-order valence-corrected chi connectivity index (χ2v) is 6.42. The first-order valence-electron chi connectivity index (χ1n) is 8.70. The van der Waals surface area contributed by atoms with Crippen molar-refractivity contribution in [3.05, 3.63) is 54.3 Å². The molecule has 1 aliphatic heterocycles. The van der Waals surface area contributed by atoms with E-state index in [2.05, 4.69) is 10.6 Å². The van der Waals surface area contributed by atoms with Gasteiger partial charge in [-0.25, -0.2) is 9.18 Å². The number of amides is 3. The van der Waals surface area contributed by atoms with Crippen LogP contribution in [0.25, 0.3) is 11.1 Å². The van der Waals surface area contributed by atoms with E-state index in [9.17, 15) is 14.0 Å². The van der Waals surface area contributed by atoms with Crippen molar-refractivity contribution in [3.8, 4) is 11.1 Å². The number of carbonyl (C=O) groups excluding carboxylic acids is 2. The zero-order valence-electron chi connectivity index (χ0n) is 14.7. The minimum Gasteiger partial charge on any atom is -0.359 e. The van der Waals surface area contributed by atoms with Crippen molar-refractivity contribution in [2.75, 3.05) is 25.5 Å². The molecule has 0 spiro atoms. The molecule has 2 aromatic carbocycles. The average molecular weight is 355 g/mol. The molecule has 136 valence electrons. The zero-order chi connectivity index (χ0) is 18.5. The minimum atomic E-state index is -0.282. The van der Waals surface area contributed by atoms with Gasteiger partial charge in [0.05, 0.1) is 5.92 Å². The van der Waals surface area contributed by atoms with Crippen LogP contribution in [0.15, 0.2) is 48.5 Å². The Labute approximate surface area is 152 Å². The van der Waals surface area contributed by atoms with Crippen LogP contribution >= 0.6 is 0 Å². The van der Waals surface area contributed by atoms with Crippen LogP contribution in [0, 0.1) is 11.7 Å². The second-order valence-electron chi connectivity index (χ2n) is 6.42. The summed E-state index contributed by atoms with van der Waals surface area (Å²) in [5.74, 6) is -0.465. The van der Waals surface area contributed by atoms with E-state index in [-0.39, 0.29) is 23.7 Å². The van der Waals surface area contributed by atoms with Gasteiger partial charge in [-0.15, -0.1) is 0 Å². The lowest BCUT2D eigenvalue weighted by Gasteiger charge is -2.31. The van der Waals surface area contributed by atoms with Gasteiger partial charge in [0.25, 0.3) is 0 Å².